The van der Waals surface area contributed by atoms with E-state index >= 15 is 0 Å². The molecule has 0 aliphatic carbocycles. The van der Waals surface area contributed by atoms with Gasteiger partial charge in [-0.1, -0.05) is 168 Å². The van der Waals surface area contributed by atoms with Gasteiger partial charge in [-0.3, -0.25) is 0 Å². The summed E-state index contributed by atoms with van der Waals surface area (Å²) in [4.78, 5) is 4.91. The topological polar surface area (TPSA) is 33.8 Å². The standard InChI is InChI=1S/C72H66BN3O2S/c1-69(2,3)43-22-21-27-49(36-43)75-58-40-50(74(47-23-15-13-16-24-47)48-25-17-14-18-26-48)41-61-64(58)73(68-66(78-61)54-39-46(72(10,11)12)32-35-62(54)79-68)65-59(75)42-57(63-51-28-19-20-29-60(51)77-67(63)65)76-55-33-30-44(70(4,5)6)37-52(55)53-38-45(71(7,8)9)31-34-56(53)76/h13-42H,1-12H3. The first kappa shape index (κ1) is 49.3. The first-order chi connectivity index (χ1) is 37.7. The lowest BCUT2D eigenvalue weighted by Gasteiger charge is -2.41. The van der Waals surface area contributed by atoms with E-state index < -0.39 is 0 Å². The average molecular weight is 1050 g/mol. The highest BCUT2D eigenvalue weighted by molar-refractivity contribution is 7.33. The Morgan fingerprint density at radius 3 is 1.59 bits per heavy atom. The molecule has 7 heteroatoms. The molecule has 0 saturated heterocycles. The molecule has 0 N–H and O–H groups in total. The lowest BCUT2D eigenvalue weighted by Crippen LogP contribution is -2.59. The van der Waals surface area contributed by atoms with E-state index in [0.717, 1.165) is 101 Å². The summed E-state index contributed by atoms with van der Waals surface area (Å²) in [6.07, 6.45) is 0. The van der Waals surface area contributed by atoms with Gasteiger partial charge in [0.1, 0.15) is 22.7 Å². The van der Waals surface area contributed by atoms with Crippen molar-refractivity contribution in [2.45, 2.75) is 105 Å². The second-order valence-corrected chi connectivity index (χ2v) is 27.3. The van der Waals surface area contributed by atoms with E-state index in [1.54, 1.807) is 0 Å². The fraction of sp³-hybridized carbons (Fsp3) is 0.222. The van der Waals surface area contributed by atoms with Crippen LogP contribution in [-0.2, 0) is 21.7 Å². The van der Waals surface area contributed by atoms with E-state index in [2.05, 4.69) is 279 Å². The minimum atomic E-state index is -0.240. The molecule has 390 valence electrons. The summed E-state index contributed by atoms with van der Waals surface area (Å²) in [6, 6.07) is 67.9. The number of fused-ring (bicyclic) bond motifs is 13. The number of aromatic nitrogens is 1. The molecule has 79 heavy (non-hydrogen) atoms. The van der Waals surface area contributed by atoms with E-state index in [9.17, 15) is 0 Å². The van der Waals surface area contributed by atoms with Crippen LogP contribution in [0.25, 0.3) is 59.5 Å². The van der Waals surface area contributed by atoms with Crippen molar-refractivity contribution in [3.63, 3.8) is 0 Å². The molecule has 0 saturated carbocycles. The Balaban J connectivity index is 1.16. The maximum absolute atomic E-state index is 7.62. The Kier molecular flexibility index (Phi) is 10.8. The fourth-order valence-electron chi connectivity index (χ4n) is 12.5. The van der Waals surface area contributed by atoms with Crippen LogP contribution in [-0.4, -0.2) is 11.3 Å². The minimum absolute atomic E-state index is 0.0443. The third-order valence-electron chi connectivity index (χ3n) is 16.8. The van der Waals surface area contributed by atoms with Gasteiger partial charge in [-0.15, -0.1) is 11.3 Å². The number of hydrogen-bond acceptors (Lipinski definition) is 5. The van der Waals surface area contributed by atoms with Crippen molar-refractivity contribution >= 4 is 122 Å². The monoisotopic (exact) mass is 1050 g/mol. The molecule has 0 amide bonds. The van der Waals surface area contributed by atoms with E-state index in [0.29, 0.717) is 0 Å². The lowest BCUT2D eigenvalue weighted by atomic mass is 9.36. The Labute approximate surface area is 468 Å². The van der Waals surface area contributed by atoms with E-state index in [4.69, 9.17) is 9.15 Å². The molecule has 0 radical (unpaired) electrons. The summed E-state index contributed by atoms with van der Waals surface area (Å²) >= 11 is 1.86. The highest BCUT2D eigenvalue weighted by Gasteiger charge is 2.47. The highest BCUT2D eigenvalue weighted by Crippen LogP contribution is 2.52. The Hall–Kier alpha value is -8.00. The van der Waals surface area contributed by atoms with Crippen LogP contribution in [0.5, 0.6) is 11.5 Å². The first-order valence-electron chi connectivity index (χ1n) is 28.0. The van der Waals surface area contributed by atoms with E-state index in [1.807, 2.05) is 11.3 Å². The number of rotatable bonds is 5. The predicted molar refractivity (Wildman–Crippen MR) is 339 cm³/mol. The van der Waals surface area contributed by atoms with Gasteiger partial charge in [-0.05, 0) is 146 Å². The van der Waals surface area contributed by atoms with Gasteiger partial charge in [-0.2, -0.15) is 0 Å². The molecular weight excluding hydrogens is 982 g/mol. The zero-order valence-corrected chi connectivity index (χ0v) is 48.3. The molecule has 0 unspecified atom stereocenters. The van der Waals surface area contributed by atoms with Crippen LogP contribution >= 0.6 is 11.3 Å². The molecule has 12 aromatic rings. The quantitative estimate of drug-likeness (QED) is 0.161. The smallest absolute Gasteiger partial charge is 0.273 e. The molecule has 5 nitrogen and oxygen atoms in total. The average Bonchev–Trinajstić information content (AvgIpc) is 3.45. The number of hydrogen-bond donors (Lipinski definition) is 0. The fourth-order valence-corrected chi connectivity index (χ4v) is 13.8. The number of ether oxygens (including phenoxy) is 1. The molecule has 14 rings (SSSR count). The molecule has 9 aromatic carbocycles. The van der Waals surface area contributed by atoms with Crippen LogP contribution < -0.4 is 30.2 Å². The third kappa shape index (κ3) is 7.78. The van der Waals surface area contributed by atoms with Gasteiger partial charge in [0.15, 0.2) is 0 Å². The molecule has 0 bridgehead atoms. The predicted octanol–water partition coefficient (Wildman–Crippen LogP) is 19.0. The zero-order chi connectivity index (χ0) is 54.7. The van der Waals surface area contributed by atoms with Gasteiger partial charge in [0, 0.05) is 65.5 Å². The van der Waals surface area contributed by atoms with E-state index in [1.165, 1.54) is 42.5 Å². The number of benzene rings is 9. The van der Waals surface area contributed by atoms with Gasteiger partial charge in [0.25, 0.3) is 6.71 Å². The lowest BCUT2D eigenvalue weighted by molar-refractivity contribution is 0.494. The van der Waals surface area contributed by atoms with Crippen LogP contribution in [0.15, 0.2) is 186 Å². The number of thiophene rings is 1. The summed E-state index contributed by atoms with van der Waals surface area (Å²) in [5, 5.41) is 5.82. The molecular formula is C72H66BN3O2S. The molecule has 0 spiro atoms. The number of furan rings is 1. The second-order valence-electron chi connectivity index (χ2n) is 26.2. The van der Waals surface area contributed by atoms with Crippen LogP contribution in [0.3, 0.4) is 0 Å². The van der Waals surface area contributed by atoms with Gasteiger partial charge >= 0.3 is 0 Å². The third-order valence-corrected chi connectivity index (χ3v) is 18.0. The number of anilines is 6. The Morgan fingerprint density at radius 2 is 0.987 bits per heavy atom. The van der Waals surface area contributed by atoms with Crippen molar-refractivity contribution in [2.75, 3.05) is 9.80 Å². The maximum atomic E-state index is 7.62. The van der Waals surface area contributed by atoms with Crippen molar-refractivity contribution in [1.82, 2.24) is 4.57 Å². The zero-order valence-electron chi connectivity index (χ0n) is 47.5. The molecule has 3 aromatic heterocycles. The molecule has 0 atom stereocenters. The number of nitrogens with zero attached hydrogens (tertiary/aromatic N) is 3. The molecule has 2 aliphatic rings. The van der Waals surface area contributed by atoms with Gasteiger partial charge < -0.3 is 23.5 Å². The molecule has 0 fully saturated rings. The summed E-state index contributed by atoms with van der Waals surface area (Å²) in [5.74, 6) is 1.76. The highest BCUT2D eigenvalue weighted by atomic mass is 32.1. The molecule has 5 heterocycles. The van der Waals surface area contributed by atoms with Crippen molar-refractivity contribution in [2.24, 2.45) is 0 Å². The minimum Gasteiger partial charge on any atom is -0.457 e. The Morgan fingerprint density at radius 1 is 0.443 bits per heavy atom. The summed E-state index contributed by atoms with van der Waals surface area (Å²) < 4.78 is 20.1. The maximum Gasteiger partial charge on any atom is 0.273 e. The summed E-state index contributed by atoms with van der Waals surface area (Å²) in [7, 11) is 0. The number of para-hydroxylation sites is 3. The van der Waals surface area contributed by atoms with Gasteiger partial charge in [0.05, 0.1) is 27.8 Å². The summed E-state index contributed by atoms with van der Waals surface area (Å²) in [5.41, 5.74) is 18.6. The van der Waals surface area contributed by atoms with Crippen LogP contribution in [0.4, 0.5) is 34.1 Å². The normalized spacial score (nSPS) is 13.6. The van der Waals surface area contributed by atoms with Crippen molar-refractivity contribution in [3.05, 3.63) is 204 Å². The second kappa shape index (κ2) is 17.3. The van der Waals surface area contributed by atoms with Gasteiger partial charge in [0.2, 0.25) is 0 Å². The van der Waals surface area contributed by atoms with Gasteiger partial charge in [-0.25, -0.2) is 0 Å². The van der Waals surface area contributed by atoms with Crippen molar-refractivity contribution in [1.29, 1.82) is 0 Å². The Bertz CT molecular complexity index is 4350. The van der Waals surface area contributed by atoms with Crippen LogP contribution in [0.2, 0.25) is 0 Å². The van der Waals surface area contributed by atoms with Crippen LogP contribution in [0.1, 0.15) is 105 Å². The summed E-state index contributed by atoms with van der Waals surface area (Å²) in [6.45, 7) is 27.5. The largest absolute Gasteiger partial charge is 0.457 e. The van der Waals surface area contributed by atoms with Crippen LogP contribution in [0, 0.1) is 0 Å². The first-order valence-corrected chi connectivity index (χ1v) is 28.8. The van der Waals surface area contributed by atoms with E-state index in [-0.39, 0.29) is 28.4 Å². The SMILES string of the molecule is CC(C)(C)c1cccc(N2c3cc(N(c4ccccc4)c4ccccc4)cc4c3B(c3sc5ccc(C(C)(C)C)cc5c3O4)c3c2cc(-n2c4ccc(C(C)(C)C)cc4c4cc(C(C)(C)C)ccc42)c2c3oc3ccccc32)c1. The van der Waals surface area contributed by atoms with Crippen molar-refractivity contribution < 1.29 is 9.15 Å². The molecule has 2 aliphatic heterocycles. The van der Waals surface area contributed by atoms with Crippen molar-refractivity contribution in [3.8, 4) is 17.2 Å².